The summed E-state index contributed by atoms with van der Waals surface area (Å²) < 4.78 is 24.8. The predicted molar refractivity (Wildman–Crippen MR) is 169 cm³/mol. The Morgan fingerprint density at radius 3 is 1.86 bits per heavy atom. The van der Waals surface area contributed by atoms with Gasteiger partial charge in [-0.2, -0.15) is 0 Å². The number of aryl methyl sites for hydroxylation is 1. The number of hydrogen-bond acceptors (Lipinski definition) is 7. The lowest BCUT2D eigenvalue weighted by atomic mass is 9.72. The summed E-state index contributed by atoms with van der Waals surface area (Å²) in [5.41, 5.74) is 2.45. The molecule has 0 saturated carbocycles. The van der Waals surface area contributed by atoms with E-state index in [9.17, 15) is 9.59 Å². The minimum absolute atomic E-state index is 0.123. The van der Waals surface area contributed by atoms with Crippen LogP contribution in [0, 0.1) is 5.41 Å². The van der Waals surface area contributed by atoms with E-state index in [1.807, 2.05) is 55.6 Å². The fraction of sp³-hybridized carbons (Fsp3) is 0.371. The van der Waals surface area contributed by atoms with Gasteiger partial charge in [-0.1, -0.05) is 24.3 Å². The second-order valence-corrected chi connectivity index (χ2v) is 11.8. The minimum atomic E-state index is -0.338. The number of piperidine rings is 3. The van der Waals surface area contributed by atoms with Crippen LogP contribution in [-0.2, 0) is 20.3 Å². The molecule has 44 heavy (non-hydrogen) atoms. The van der Waals surface area contributed by atoms with E-state index in [-0.39, 0.29) is 28.9 Å². The van der Waals surface area contributed by atoms with Gasteiger partial charge in [0, 0.05) is 25.9 Å². The van der Waals surface area contributed by atoms with Crippen LogP contribution in [0.1, 0.15) is 40.7 Å². The van der Waals surface area contributed by atoms with Crippen LogP contribution in [0.15, 0.2) is 71.7 Å². The third-order valence-corrected chi connectivity index (χ3v) is 9.10. The molecule has 1 amide bonds. The van der Waals surface area contributed by atoms with Crippen LogP contribution < -0.4 is 29.7 Å². The van der Waals surface area contributed by atoms with Gasteiger partial charge in [-0.3, -0.25) is 9.59 Å². The van der Waals surface area contributed by atoms with Crippen molar-refractivity contribution in [3.8, 4) is 23.0 Å². The van der Waals surface area contributed by atoms with Gasteiger partial charge in [-0.15, -0.1) is 0 Å². The first-order chi connectivity index (χ1) is 21.4. The highest BCUT2D eigenvalue weighted by Gasteiger charge is 2.39. The lowest BCUT2D eigenvalue weighted by Gasteiger charge is -2.48. The van der Waals surface area contributed by atoms with Gasteiger partial charge in [0.1, 0.15) is 30.3 Å². The van der Waals surface area contributed by atoms with Crippen LogP contribution in [0.5, 0.6) is 23.0 Å². The first kappa shape index (κ1) is 29.6. The molecular weight excluding hydrogens is 558 g/mol. The van der Waals surface area contributed by atoms with Gasteiger partial charge in [-0.25, -0.2) is 0 Å². The molecule has 2 bridgehead atoms. The molecule has 230 valence electrons. The second-order valence-electron chi connectivity index (χ2n) is 11.8. The Balaban J connectivity index is 1.28. The Labute approximate surface area is 257 Å². The summed E-state index contributed by atoms with van der Waals surface area (Å²) in [5.74, 6) is 2.10. The molecule has 4 heterocycles. The molecule has 9 heteroatoms. The lowest BCUT2D eigenvalue weighted by molar-refractivity contribution is 0.0262. The summed E-state index contributed by atoms with van der Waals surface area (Å²) in [6.45, 7) is 4.38. The molecule has 0 atom stereocenters. The standard InChI is InChI=1S/C35H39N3O6/c1-37-20-29(34(40)36-23-35-12-15-38(16-13-35)17-14-35)33(39)28-18-31(43-21-24-4-8-26(41-2)9-5-24)32(19-30(28)37)44-22-25-6-10-27(42-3)11-7-25/h4-11,18-20H,12-17,21-23H2,1-3H3,(H,36,40). The third kappa shape index (κ3) is 6.24. The number of carbonyl (C=O) groups excluding carboxylic acids is 1. The zero-order valence-electron chi connectivity index (χ0n) is 25.6. The van der Waals surface area contributed by atoms with Crippen LogP contribution >= 0.6 is 0 Å². The molecule has 0 unspecified atom stereocenters. The van der Waals surface area contributed by atoms with E-state index in [0.29, 0.717) is 35.6 Å². The predicted octanol–water partition coefficient (Wildman–Crippen LogP) is 4.93. The number of pyridine rings is 1. The average molecular weight is 598 g/mol. The Morgan fingerprint density at radius 2 is 1.34 bits per heavy atom. The van der Waals surface area contributed by atoms with Gasteiger partial charge in [0.05, 0.1) is 25.1 Å². The number of benzene rings is 3. The number of carbonyl (C=O) groups is 1. The third-order valence-electron chi connectivity index (χ3n) is 9.10. The highest BCUT2D eigenvalue weighted by atomic mass is 16.5. The van der Waals surface area contributed by atoms with E-state index in [0.717, 1.165) is 61.5 Å². The van der Waals surface area contributed by atoms with Crippen molar-refractivity contribution >= 4 is 16.8 Å². The van der Waals surface area contributed by atoms with Crippen LogP contribution in [0.4, 0.5) is 0 Å². The van der Waals surface area contributed by atoms with E-state index in [1.165, 1.54) is 0 Å². The molecule has 0 radical (unpaired) electrons. The van der Waals surface area contributed by atoms with E-state index in [2.05, 4.69) is 10.2 Å². The molecule has 4 aromatic rings. The summed E-state index contributed by atoms with van der Waals surface area (Å²) in [4.78, 5) is 29.6. The van der Waals surface area contributed by atoms with E-state index < -0.39 is 0 Å². The van der Waals surface area contributed by atoms with Crippen LogP contribution in [0.3, 0.4) is 0 Å². The minimum Gasteiger partial charge on any atom is -0.497 e. The number of rotatable bonds is 11. The summed E-state index contributed by atoms with van der Waals surface area (Å²) in [6, 6.07) is 18.7. The summed E-state index contributed by atoms with van der Waals surface area (Å²) in [6.07, 6.45) is 4.86. The monoisotopic (exact) mass is 597 g/mol. The summed E-state index contributed by atoms with van der Waals surface area (Å²) in [5, 5.41) is 3.49. The molecular formula is C35H39N3O6. The molecule has 3 saturated heterocycles. The van der Waals surface area contributed by atoms with Crippen molar-refractivity contribution in [3.05, 3.63) is 93.8 Å². The van der Waals surface area contributed by atoms with Gasteiger partial charge in [0.25, 0.3) is 5.91 Å². The smallest absolute Gasteiger partial charge is 0.256 e. The molecule has 1 aromatic heterocycles. The normalized spacial score (nSPS) is 19.0. The number of nitrogens with one attached hydrogen (secondary N) is 1. The molecule has 0 spiro atoms. The fourth-order valence-corrected chi connectivity index (χ4v) is 6.17. The number of fused-ring (bicyclic) bond motifs is 4. The van der Waals surface area contributed by atoms with Crippen molar-refractivity contribution in [3.63, 3.8) is 0 Å². The van der Waals surface area contributed by atoms with Crippen LogP contribution in [0.2, 0.25) is 0 Å². The maximum atomic E-state index is 13.8. The average Bonchev–Trinajstić information content (AvgIpc) is 3.08. The Morgan fingerprint density at radius 1 is 0.818 bits per heavy atom. The van der Waals surface area contributed by atoms with Crippen molar-refractivity contribution in [2.75, 3.05) is 40.4 Å². The molecule has 3 aliphatic heterocycles. The molecule has 0 aliphatic carbocycles. The fourth-order valence-electron chi connectivity index (χ4n) is 6.17. The topological polar surface area (TPSA) is 91.3 Å². The van der Waals surface area contributed by atoms with Gasteiger partial charge < -0.3 is 33.7 Å². The Hall–Kier alpha value is -4.50. The van der Waals surface area contributed by atoms with Gasteiger partial charge >= 0.3 is 0 Å². The van der Waals surface area contributed by atoms with Gasteiger partial charge in [0.15, 0.2) is 11.5 Å². The summed E-state index contributed by atoms with van der Waals surface area (Å²) in [7, 11) is 5.09. The van der Waals surface area contributed by atoms with Gasteiger partial charge in [-0.05, 0) is 85.8 Å². The Bertz CT molecular complexity index is 1680. The first-order valence-corrected chi connectivity index (χ1v) is 15.1. The number of hydrogen-bond donors (Lipinski definition) is 1. The van der Waals surface area contributed by atoms with Crippen LogP contribution in [-0.4, -0.2) is 55.8 Å². The molecule has 9 nitrogen and oxygen atoms in total. The van der Waals surface area contributed by atoms with Crippen molar-refractivity contribution < 1.29 is 23.7 Å². The second kappa shape index (κ2) is 12.6. The number of amides is 1. The molecule has 3 fully saturated rings. The number of ether oxygens (including phenoxy) is 4. The molecule has 3 aromatic carbocycles. The Kier molecular flexibility index (Phi) is 8.48. The number of aromatic nitrogens is 1. The largest absolute Gasteiger partial charge is 0.497 e. The van der Waals surface area contributed by atoms with Crippen molar-refractivity contribution in [1.82, 2.24) is 14.8 Å². The van der Waals surface area contributed by atoms with Crippen LogP contribution in [0.25, 0.3) is 10.9 Å². The van der Waals surface area contributed by atoms with E-state index in [4.69, 9.17) is 18.9 Å². The quantitative estimate of drug-likeness (QED) is 0.262. The first-order valence-electron chi connectivity index (χ1n) is 15.1. The number of methoxy groups -OCH3 is 2. The van der Waals surface area contributed by atoms with Crippen molar-refractivity contribution in [1.29, 1.82) is 0 Å². The number of nitrogens with zero attached hydrogens (tertiary/aromatic N) is 2. The van der Waals surface area contributed by atoms with Crippen molar-refractivity contribution in [2.45, 2.75) is 32.5 Å². The zero-order valence-corrected chi connectivity index (χ0v) is 25.6. The maximum absolute atomic E-state index is 13.8. The maximum Gasteiger partial charge on any atom is 0.256 e. The lowest BCUT2D eigenvalue weighted by Crippen LogP contribution is -2.52. The van der Waals surface area contributed by atoms with E-state index >= 15 is 0 Å². The molecule has 3 aliphatic rings. The van der Waals surface area contributed by atoms with E-state index in [1.54, 1.807) is 37.1 Å². The van der Waals surface area contributed by atoms with Crippen molar-refractivity contribution in [2.24, 2.45) is 12.5 Å². The SMILES string of the molecule is COc1ccc(COc2cc3c(=O)c(C(=O)NCC45CCN(CC4)CC5)cn(C)c3cc2OCc2ccc(OC)cc2)cc1. The summed E-state index contributed by atoms with van der Waals surface area (Å²) >= 11 is 0. The highest BCUT2D eigenvalue weighted by Crippen LogP contribution is 2.39. The zero-order chi connectivity index (χ0) is 30.7. The van der Waals surface area contributed by atoms with Gasteiger partial charge in [0.2, 0.25) is 5.43 Å². The molecule has 1 N–H and O–H groups in total. The molecule has 7 rings (SSSR count). The highest BCUT2D eigenvalue weighted by molar-refractivity contribution is 5.97.